The molecular formula is C19H29N. The summed E-state index contributed by atoms with van der Waals surface area (Å²) < 4.78 is 0. The summed E-state index contributed by atoms with van der Waals surface area (Å²) in [5.41, 5.74) is 4.29. The third-order valence-corrected chi connectivity index (χ3v) is 4.25. The Kier molecular flexibility index (Phi) is 5.70. The molecule has 0 heterocycles. The molecule has 1 aliphatic rings. The van der Waals surface area contributed by atoms with Gasteiger partial charge >= 0.3 is 0 Å². The second-order valence-electron chi connectivity index (χ2n) is 6.48. The molecule has 20 heavy (non-hydrogen) atoms. The third-order valence-electron chi connectivity index (χ3n) is 4.25. The van der Waals surface area contributed by atoms with Crippen molar-refractivity contribution in [2.45, 2.75) is 52.9 Å². The summed E-state index contributed by atoms with van der Waals surface area (Å²) in [6, 6.07) is 9.01. The van der Waals surface area contributed by atoms with Gasteiger partial charge in [-0.1, -0.05) is 44.1 Å². The molecule has 1 aromatic rings. The normalized spacial score (nSPS) is 22.4. The highest BCUT2D eigenvalue weighted by molar-refractivity contribution is 5.44. The molecule has 0 spiro atoms. The largest absolute Gasteiger partial charge is 0.385 e. The lowest BCUT2D eigenvalue weighted by Gasteiger charge is -2.26. The van der Waals surface area contributed by atoms with Crippen molar-refractivity contribution in [3.63, 3.8) is 0 Å². The van der Waals surface area contributed by atoms with Gasteiger partial charge in [0.1, 0.15) is 0 Å². The SMILES string of the molecule is CCCCc1ccc(NCC2CC(C)=CC(C)C2)cc1. The minimum Gasteiger partial charge on any atom is -0.385 e. The van der Waals surface area contributed by atoms with E-state index in [9.17, 15) is 0 Å². The maximum atomic E-state index is 3.61. The van der Waals surface area contributed by atoms with E-state index >= 15 is 0 Å². The molecule has 110 valence electrons. The molecule has 2 unspecified atom stereocenters. The highest BCUT2D eigenvalue weighted by atomic mass is 14.9. The molecule has 1 aliphatic carbocycles. The van der Waals surface area contributed by atoms with E-state index in [0.717, 1.165) is 18.4 Å². The maximum Gasteiger partial charge on any atom is 0.0340 e. The lowest BCUT2D eigenvalue weighted by Crippen LogP contribution is -2.20. The molecule has 0 amide bonds. The van der Waals surface area contributed by atoms with Crippen LogP contribution >= 0.6 is 0 Å². The average Bonchev–Trinajstić information content (AvgIpc) is 2.43. The van der Waals surface area contributed by atoms with Crippen LogP contribution in [0.4, 0.5) is 5.69 Å². The van der Waals surface area contributed by atoms with Gasteiger partial charge in [0.15, 0.2) is 0 Å². The van der Waals surface area contributed by atoms with E-state index < -0.39 is 0 Å². The molecule has 1 N–H and O–H groups in total. The Hall–Kier alpha value is -1.24. The minimum absolute atomic E-state index is 0.743. The van der Waals surface area contributed by atoms with Crippen molar-refractivity contribution in [3.8, 4) is 0 Å². The van der Waals surface area contributed by atoms with E-state index in [1.54, 1.807) is 5.57 Å². The van der Waals surface area contributed by atoms with Crippen LogP contribution in [0, 0.1) is 11.8 Å². The number of nitrogens with one attached hydrogen (secondary N) is 1. The molecule has 0 bridgehead atoms. The van der Waals surface area contributed by atoms with E-state index in [4.69, 9.17) is 0 Å². The fraction of sp³-hybridized carbons (Fsp3) is 0.579. The van der Waals surface area contributed by atoms with Crippen LogP contribution in [-0.2, 0) is 6.42 Å². The van der Waals surface area contributed by atoms with Gasteiger partial charge in [-0.3, -0.25) is 0 Å². The Morgan fingerprint density at radius 3 is 2.60 bits per heavy atom. The van der Waals surface area contributed by atoms with Gasteiger partial charge in [0.25, 0.3) is 0 Å². The summed E-state index contributed by atoms with van der Waals surface area (Å²) in [5, 5.41) is 3.61. The fourth-order valence-electron chi connectivity index (χ4n) is 3.27. The van der Waals surface area contributed by atoms with Crippen LogP contribution in [0.25, 0.3) is 0 Å². The Morgan fingerprint density at radius 2 is 1.95 bits per heavy atom. The lowest BCUT2D eigenvalue weighted by atomic mass is 9.84. The van der Waals surface area contributed by atoms with Crippen molar-refractivity contribution in [3.05, 3.63) is 41.5 Å². The Balaban J connectivity index is 1.80. The van der Waals surface area contributed by atoms with Crippen molar-refractivity contribution in [2.24, 2.45) is 11.8 Å². The first-order valence-corrected chi connectivity index (χ1v) is 8.17. The maximum absolute atomic E-state index is 3.61. The van der Waals surface area contributed by atoms with Crippen molar-refractivity contribution in [1.29, 1.82) is 0 Å². The summed E-state index contributed by atoms with van der Waals surface area (Å²) in [7, 11) is 0. The predicted molar refractivity (Wildman–Crippen MR) is 89.2 cm³/mol. The highest BCUT2D eigenvalue weighted by Gasteiger charge is 2.17. The van der Waals surface area contributed by atoms with Crippen LogP contribution in [0.3, 0.4) is 0 Å². The smallest absolute Gasteiger partial charge is 0.0340 e. The molecule has 1 heteroatoms. The quantitative estimate of drug-likeness (QED) is 0.680. The van der Waals surface area contributed by atoms with E-state index in [-0.39, 0.29) is 0 Å². The van der Waals surface area contributed by atoms with Crippen LogP contribution in [0.15, 0.2) is 35.9 Å². The summed E-state index contributed by atoms with van der Waals surface area (Å²) in [5.74, 6) is 1.53. The molecule has 0 aliphatic heterocycles. The molecule has 0 saturated carbocycles. The zero-order chi connectivity index (χ0) is 14.4. The number of aryl methyl sites for hydroxylation is 1. The van der Waals surface area contributed by atoms with Crippen molar-refractivity contribution < 1.29 is 0 Å². The third kappa shape index (κ3) is 4.70. The molecule has 1 nitrogen and oxygen atoms in total. The lowest BCUT2D eigenvalue weighted by molar-refractivity contribution is 0.421. The second-order valence-corrected chi connectivity index (χ2v) is 6.48. The van der Waals surface area contributed by atoms with Crippen molar-refractivity contribution in [2.75, 3.05) is 11.9 Å². The molecule has 2 rings (SSSR count). The van der Waals surface area contributed by atoms with Crippen LogP contribution < -0.4 is 5.32 Å². The molecule has 0 fully saturated rings. The molecule has 2 atom stereocenters. The van der Waals surface area contributed by atoms with E-state index in [1.165, 1.54) is 43.4 Å². The van der Waals surface area contributed by atoms with Gasteiger partial charge in [-0.25, -0.2) is 0 Å². The van der Waals surface area contributed by atoms with Gasteiger partial charge < -0.3 is 5.32 Å². The Morgan fingerprint density at radius 1 is 1.20 bits per heavy atom. The van der Waals surface area contributed by atoms with Gasteiger partial charge in [-0.15, -0.1) is 0 Å². The van der Waals surface area contributed by atoms with Gasteiger partial charge in [0.05, 0.1) is 0 Å². The Bertz CT molecular complexity index is 430. The van der Waals surface area contributed by atoms with Crippen molar-refractivity contribution >= 4 is 5.69 Å². The van der Waals surface area contributed by atoms with E-state index in [1.807, 2.05) is 0 Å². The standard InChI is InChI=1S/C19H29N/c1-4-5-6-17-7-9-19(10-8-17)20-14-18-12-15(2)11-16(3)13-18/h7-11,15,18,20H,4-6,12-14H2,1-3H3. The Labute approximate surface area is 124 Å². The predicted octanol–water partition coefficient (Wildman–Crippen LogP) is 5.43. The second kappa shape index (κ2) is 7.52. The first kappa shape index (κ1) is 15.2. The zero-order valence-corrected chi connectivity index (χ0v) is 13.3. The first-order chi connectivity index (χ1) is 9.67. The van der Waals surface area contributed by atoms with Crippen LogP contribution in [-0.4, -0.2) is 6.54 Å². The van der Waals surface area contributed by atoms with E-state index in [0.29, 0.717) is 0 Å². The van der Waals surface area contributed by atoms with Crippen LogP contribution in [0.1, 0.15) is 52.0 Å². The average molecular weight is 271 g/mol. The van der Waals surface area contributed by atoms with Gasteiger partial charge in [-0.05, 0) is 62.1 Å². The highest BCUT2D eigenvalue weighted by Crippen LogP contribution is 2.28. The first-order valence-electron chi connectivity index (χ1n) is 8.17. The minimum atomic E-state index is 0.743. The topological polar surface area (TPSA) is 12.0 Å². The summed E-state index contributed by atoms with van der Waals surface area (Å²) in [6.45, 7) is 7.95. The molecular weight excluding hydrogens is 242 g/mol. The van der Waals surface area contributed by atoms with Gasteiger partial charge in [0.2, 0.25) is 0 Å². The summed E-state index contributed by atoms with van der Waals surface area (Å²) >= 11 is 0. The van der Waals surface area contributed by atoms with Gasteiger partial charge in [0, 0.05) is 12.2 Å². The summed E-state index contributed by atoms with van der Waals surface area (Å²) in [6.07, 6.45) is 8.77. The van der Waals surface area contributed by atoms with Crippen molar-refractivity contribution in [1.82, 2.24) is 0 Å². The number of hydrogen-bond acceptors (Lipinski definition) is 1. The summed E-state index contributed by atoms with van der Waals surface area (Å²) in [4.78, 5) is 0. The number of benzene rings is 1. The van der Waals surface area contributed by atoms with Gasteiger partial charge in [-0.2, -0.15) is 0 Å². The van der Waals surface area contributed by atoms with Crippen LogP contribution in [0.5, 0.6) is 0 Å². The molecule has 0 aromatic heterocycles. The number of anilines is 1. The molecule has 0 saturated heterocycles. The number of hydrogen-bond donors (Lipinski definition) is 1. The number of allylic oxidation sites excluding steroid dienone is 2. The monoisotopic (exact) mass is 271 g/mol. The fourth-order valence-corrected chi connectivity index (χ4v) is 3.27. The molecule has 0 radical (unpaired) electrons. The van der Waals surface area contributed by atoms with Crippen LogP contribution in [0.2, 0.25) is 0 Å². The number of unbranched alkanes of at least 4 members (excludes halogenated alkanes) is 1. The van der Waals surface area contributed by atoms with E-state index in [2.05, 4.69) is 56.4 Å². The number of rotatable bonds is 6. The zero-order valence-electron chi connectivity index (χ0n) is 13.3. The molecule has 1 aromatic carbocycles.